The monoisotopic (exact) mass is 350 g/mol. The fraction of sp³-hybridized carbons (Fsp3) is 0.286. The lowest BCUT2D eigenvalue weighted by atomic mass is 10.1. The average Bonchev–Trinajstić information content (AvgIpc) is 2.92. The van der Waals surface area contributed by atoms with Crippen LogP contribution >= 0.6 is 0 Å². The molecule has 1 unspecified atom stereocenters. The summed E-state index contributed by atoms with van der Waals surface area (Å²) in [5.41, 5.74) is 2.29. The zero-order chi connectivity index (χ0) is 18.8. The highest BCUT2D eigenvalue weighted by molar-refractivity contribution is 6.21. The molecule has 0 aliphatic carbocycles. The van der Waals surface area contributed by atoms with E-state index < -0.39 is 0 Å². The Labute approximate surface area is 153 Å². The number of hydrogen-bond acceptors (Lipinski definition) is 3. The summed E-state index contributed by atoms with van der Waals surface area (Å²) in [5.74, 6) is -0.587. The standard InChI is InChI=1S/C21H22N2O3/c1-4-14(2)22(3)19(24)16-11-9-15(10-12-16)13-23-20(25)17-7-5-6-8-18(17)21(23)26/h5-12,14H,4,13H2,1-3H3. The van der Waals surface area contributed by atoms with Gasteiger partial charge in [-0.25, -0.2) is 0 Å². The van der Waals surface area contributed by atoms with E-state index in [1.165, 1.54) is 4.90 Å². The molecule has 5 heteroatoms. The Balaban J connectivity index is 1.74. The van der Waals surface area contributed by atoms with Crippen LogP contribution in [0.25, 0.3) is 0 Å². The van der Waals surface area contributed by atoms with Gasteiger partial charge in [-0.1, -0.05) is 31.2 Å². The highest BCUT2D eigenvalue weighted by atomic mass is 16.2. The molecule has 2 aromatic rings. The van der Waals surface area contributed by atoms with Gasteiger partial charge < -0.3 is 4.90 Å². The number of carbonyl (C=O) groups excluding carboxylic acids is 3. The number of fused-ring (bicyclic) bond motifs is 1. The van der Waals surface area contributed by atoms with Crippen LogP contribution in [0.3, 0.4) is 0 Å². The first kappa shape index (κ1) is 17.9. The molecule has 0 bridgehead atoms. The van der Waals surface area contributed by atoms with Crippen LogP contribution in [-0.4, -0.2) is 40.6 Å². The number of rotatable bonds is 5. The number of imide groups is 1. The van der Waals surface area contributed by atoms with E-state index >= 15 is 0 Å². The molecule has 1 aliphatic heterocycles. The third-order valence-corrected chi connectivity index (χ3v) is 4.99. The summed E-state index contributed by atoms with van der Waals surface area (Å²) in [4.78, 5) is 40.3. The molecule has 0 saturated carbocycles. The average molecular weight is 350 g/mol. The van der Waals surface area contributed by atoms with Crippen LogP contribution in [-0.2, 0) is 6.54 Å². The Kier molecular flexibility index (Phi) is 4.89. The van der Waals surface area contributed by atoms with E-state index in [1.54, 1.807) is 60.5 Å². The highest BCUT2D eigenvalue weighted by Crippen LogP contribution is 2.24. The third-order valence-electron chi connectivity index (χ3n) is 4.99. The lowest BCUT2D eigenvalue weighted by Gasteiger charge is -2.24. The van der Waals surface area contributed by atoms with Crippen molar-refractivity contribution >= 4 is 17.7 Å². The molecular weight excluding hydrogens is 328 g/mol. The summed E-state index contributed by atoms with van der Waals surface area (Å²) in [6.07, 6.45) is 0.889. The molecule has 0 saturated heterocycles. The van der Waals surface area contributed by atoms with Crippen LogP contribution in [0, 0.1) is 0 Å². The van der Waals surface area contributed by atoms with Crippen molar-refractivity contribution in [1.29, 1.82) is 0 Å². The lowest BCUT2D eigenvalue weighted by molar-refractivity contribution is 0.0640. The number of carbonyl (C=O) groups is 3. The lowest BCUT2D eigenvalue weighted by Crippen LogP contribution is -2.34. The first-order valence-electron chi connectivity index (χ1n) is 8.75. The second kappa shape index (κ2) is 7.12. The summed E-state index contributed by atoms with van der Waals surface area (Å²) in [7, 11) is 1.79. The topological polar surface area (TPSA) is 57.7 Å². The molecule has 0 aromatic heterocycles. The SMILES string of the molecule is CCC(C)N(C)C(=O)c1ccc(CN2C(=O)c3ccccc3C2=O)cc1. The molecule has 1 heterocycles. The van der Waals surface area contributed by atoms with Gasteiger partial charge in [0.15, 0.2) is 0 Å². The molecule has 5 nitrogen and oxygen atoms in total. The minimum absolute atomic E-state index is 0.0355. The Bertz CT molecular complexity index is 823. The van der Waals surface area contributed by atoms with Crippen LogP contribution in [0.5, 0.6) is 0 Å². The predicted octanol–water partition coefficient (Wildman–Crippen LogP) is 3.35. The van der Waals surface area contributed by atoms with Crippen molar-refractivity contribution in [2.24, 2.45) is 0 Å². The summed E-state index contributed by atoms with van der Waals surface area (Å²) in [6, 6.07) is 14.1. The van der Waals surface area contributed by atoms with Crippen molar-refractivity contribution in [3.63, 3.8) is 0 Å². The number of amides is 3. The third kappa shape index (κ3) is 3.12. The second-order valence-corrected chi connectivity index (χ2v) is 6.61. The summed E-state index contributed by atoms with van der Waals surface area (Å²) >= 11 is 0. The molecule has 2 aromatic carbocycles. The summed E-state index contributed by atoms with van der Waals surface area (Å²) < 4.78 is 0. The van der Waals surface area contributed by atoms with E-state index in [2.05, 4.69) is 0 Å². The normalized spacial score (nSPS) is 14.3. The van der Waals surface area contributed by atoms with E-state index in [4.69, 9.17) is 0 Å². The quantitative estimate of drug-likeness (QED) is 0.777. The molecule has 0 N–H and O–H groups in total. The molecule has 0 radical (unpaired) electrons. The first-order valence-corrected chi connectivity index (χ1v) is 8.75. The van der Waals surface area contributed by atoms with Crippen LogP contribution < -0.4 is 0 Å². The summed E-state index contributed by atoms with van der Waals surface area (Å²) in [6.45, 7) is 4.25. The van der Waals surface area contributed by atoms with Crippen molar-refractivity contribution in [2.45, 2.75) is 32.9 Å². The number of hydrogen-bond donors (Lipinski definition) is 0. The largest absolute Gasteiger partial charge is 0.339 e. The van der Waals surface area contributed by atoms with Gasteiger partial charge >= 0.3 is 0 Å². The maximum Gasteiger partial charge on any atom is 0.261 e. The fourth-order valence-electron chi connectivity index (χ4n) is 3.00. The smallest absolute Gasteiger partial charge is 0.261 e. The van der Waals surface area contributed by atoms with Gasteiger partial charge in [-0.3, -0.25) is 19.3 Å². The molecule has 134 valence electrons. The van der Waals surface area contributed by atoms with Crippen molar-refractivity contribution in [1.82, 2.24) is 9.80 Å². The van der Waals surface area contributed by atoms with E-state index in [0.29, 0.717) is 16.7 Å². The highest BCUT2D eigenvalue weighted by Gasteiger charge is 2.34. The van der Waals surface area contributed by atoms with E-state index in [-0.39, 0.29) is 30.3 Å². The molecule has 0 fully saturated rings. The van der Waals surface area contributed by atoms with E-state index in [9.17, 15) is 14.4 Å². The molecule has 1 aliphatic rings. The van der Waals surface area contributed by atoms with Gasteiger partial charge in [0.2, 0.25) is 0 Å². The van der Waals surface area contributed by atoms with Crippen molar-refractivity contribution in [3.8, 4) is 0 Å². The molecule has 0 spiro atoms. The molecule has 1 atom stereocenters. The summed E-state index contributed by atoms with van der Waals surface area (Å²) in [5, 5.41) is 0. The molecule has 3 rings (SSSR count). The number of nitrogens with zero attached hydrogens (tertiary/aromatic N) is 2. The molecular formula is C21H22N2O3. The molecule has 3 amide bonds. The Morgan fingerprint density at radius 1 is 1.00 bits per heavy atom. The van der Waals surface area contributed by atoms with Crippen molar-refractivity contribution in [2.75, 3.05) is 7.05 Å². The van der Waals surface area contributed by atoms with Gasteiger partial charge in [0, 0.05) is 18.7 Å². The first-order chi connectivity index (χ1) is 12.4. The molecule has 26 heavy (non-hydrogen) atoms. The van der Waals surface area contributed by atoms with Crippen molar-refractivity contribution < 1.29 is 14.4 Å². The second-order valence-electron chi connectivity index (χ2n) is 6.61. The van der Waals surface area contributed by atoms with Crippen LogP contribution in [0.2, 0.25) is 0 Å². The van der Waals surface area contributed by atoms with Gasteiger partial charge in [0.05, 0.1) is 17.7 Å². The van der Waals surface area contributed by atoms with Gasteiger partial charge in [0.25, 0.3) is 17.7 Å². The predicted molar refractivity (Wildman–Crippen MR) is 98.9 cm³/mol. The zero-order valence-electron chi connectivity index (χ0n) is 15.2. The Morgan fingerprint density at radius 2 is 1.54 bits per heavy atom. The van der Waals surface area contributed by atoms with Crippen LogP contribution in [0.4, 0.5) is 0 Å². The van der Waals surface area contributed by atoms with Gasteiger partial charge in [-0.2, -0.15) is 0 Å². The maximum atomic E-state index is 12.5. The maximum absolute atomic E-state index is 12.5. The van der Waals surface area contributed by atoms with Crippen molar-refractivity contribution in [3.05, 3.63) is 70.8 Å². The number of benzene rings is 2. The minimum atomic E-state index is -0.276. The fourth-order valence-corrected chi connectivity index (χ4v) is 3.00. The van der Waals surface area contributed by atoms with Gasteiger partial charge in [-0.15, -0.1) is 0 Å². The zero-order valence-corrected chi connectivity index (χ0v) is 15.2. The minimum Gasteiger partial charge on any atom is -0.339 e. The van der Waals surface area contributed by atoms with E-state index in [0.717, 1.165) is 12.0 Å². The Hall–Kier alpha value is -2.95. The van der Waals surface area contributed by atoms with Crippen LogP contribution in [0.1, 0.15) is 56.9 Å². The van der Waals surface area contributed by atoms with Crippen LogP contribution in [0.15, 0.2) is 48.5 Å². The Morgan fingerprint density at radius 3 is 2.04 bits per heavy atom. The van der Waals surface area contributed by atoms with Gasteiger partial charge in [-0.05, 0) is 43.2 Å². The van der Waals surface area contributed by atoms with E-state index in [1.807, 2.05) is 13.8 Å². The van der Waals surface area contributed by atoms with Gasteiger partial charge in [0.1, 0.15) is 0 Å².